The van der Waals surface area contributed by atoms with E-state index in [0.29, 0.717) is 12.2 Å². The fourth-order valence-corrected chi connectivity index (χ4v) is 1.07. The van der Waals surface area contributed by atoms with Gasteiger partial charge in [-0.2, -0.15) is 10.5 Å². The summed E-state index contributed by atoms with van der Waals surface area (Å²) in [5.41, 5.74) is 0. The van der Waals surface area contributed by atoms with E-state index in [2.05, 4.69) is 25.9 Å². The summed E-state index contributed by atoms with van der Waals surface area (Å²) in [5, 5.41) is 24.5. The van der Waals surface area contributed by atoms with Gasteiger partial charge in [0.05, 0.1) is 12.1 Å². The summed E-state index contributed by atoms with van der Waals surface area (Å²) < 4.78 is 0. The lowest BCUT2D eigenvalue weighted by molar-refractivity contribution is -0.124. The van der Waals surface area contributed by atoms with Crippen molar-refractivity contribution in [1.82, 2.24) is 25.9 Å². The van der Waals surface area contributed by atoms with E-state index in [1.54, 1.807) is 13.8 Å². The molecule has 0 aliphatic carbocycles. The number of nitriles is 1. The van der Waals surface area contributed by atoms with Gasteiger partial charge in [-0.3, -0.25) is 4.79 Å². The van der Waals surface area contributed by atoms with Crippen molar-refractivity contribution in [3.05, 3.63) is 5.82 Å². The fourth-order valence-electron chi connectivity index (χ4n) is 1.07. The highest BCUT2D eigenvalue weighted by Crippen LogP contribution is 2.07. The Balaban J connectivity index is 2.56. The van der Waals surface area contributed by atoms with Gasteiger partial charge in [0.15, 0.2) is 5.82 Å². The summed E-state index contributed by atoms with van der Waals surface area (Å²) in [6, 6.07) is 1.58. The molecule has 1 rings (SSSR count). The molecule has 80 valence electrons. The van der Waals surface area contributed by atoms with Gasteiger partial charge in [0.25, 0.3) is 0 Å². The van der Waals surface area contributed by atoms with Gasteiger partial charge in [-0.25, -0.2) is 0 Å². The lowest BCUT2D eigenvalue weighted by Crippen LogP contribution is -2.32. The molecule has 15 heavy (non-hydrogen) atoms. The number of hydrogen-bond donors (Lipinski definition) is 2. The fraction of sp³-hybridized carbons (Fsp3) is 0.625. The van der Waals surface area contributed by atoms with Crippen LogP contribution in [0.1, 0.15) is 32.1 Å². The minimum Gasteiger partial charge on any atom is -0.345 e. The molecule has 0 saturated carbocycles. The molecule has 0 aromatic carbocycles. The number of tetrazole rings is 1. The number of carbonyl (C=O) groups is 1. The molecule has 0 aliphatic heterocycles. The maximum Gasteiger partial charge on any atom is 0.237 e. The lowest BCUT2D eigenvalue weighted by atomic mass is 10.1. The predicted molar refractivity (Wildman–Crippen MR) is 50.1 cm³/mol. The highest BCUT2D eigenvalue weighted by molar-refractivity contribution is 5.81. The van der Waals surface area contributed by atoms with E-state index in [1.807, 2.05) is 6.07 Å². The highest BCUT2D eigenvalue weighted by Gasteiger charge is 2.19. The first-order valence-electron chi connectivity index (χ1n) is 4.62. The molecule has 0 spiro atoms. The average Bonchev–Trinajstić information content (AvgIpc) is 2.72. The van der Waals surface area contributed by atoms with Gasteiger partial charge in [0.1, 0.15) is 5.92 Å². The molecule has 0 radical (unpaired) electrons. The molecule has 1 aromatic rings. The number of amides is 1. The molecule has 0 bridgehead atoms. The van der Waals surface area contributed by atoms with Gasteiger partial charge in [0, 0.05) is 0 Å². The summed E-state index contributed by atoms with van der Waals surface area (Å²) in [7, 11) is 0. The van der Waals surface area contributed by atoms with Crippen molar-refractivity contribution in [3.8, 4) is 6.07 Å². The molecule has 0 saturated heterocycles. The number of H-pyrrole nitrogens is 1. The van der Waals surface area contributed by atoms with E-state index in [0.717, 1.165) is 0 Å². The monoisotopic (exact) mass is 208 g/mol. The van der Waals surface area contributed by atoms with Crippen LogP contribution >= 0.6 is 0 Å². The summed E-state index contributed by atoms with van der Waals surface area (Å²) in [6.45, 7) is 3.51. The Morgan fingerprint density at radius 2 is 2.47 bits per heavy atom. The van der Waals surface area contributed by atoms with E-state index in [-0.39, 0.29) is 11.9 Å². The van der Waals surface area contributed by atoms with Gasteiger partial charge in [-0.15, -0.1) is 10.2 Å². The summed E-state index contributed by atoms with van der Waals surface area (Å²) in [4.78, 5) is 11.5. The predicted octanol–water partition coefficient (Wildman–Crippen LogP) is -0.0733. The average molecular weight is 208 g/mol. The Hall–Kier alpha value is -1.97. The Kier molecular flexibility index (Phi) is 3.74. The molecule has 0 fully saturated rings. The minimum absolute atomic E-state index is 0.308. The maximum atomic E-state index is 11.5. The normalized spacial score (nSPS) is 13.9. The van der Waals surface area contributed by atoms with Crippen molar-refractivity contribution in [3.63, 3.8) is 0 Å². The lowest BCUT2D eigenvalue weighted by Gasteiger charge is -2.11. The van der Waals surface area contributed by atoms with Crippen molar-refractivity contribution in [1.29, 1.82) is 5.26 Å². The third-order valence-electron chi connectivity index (χ3n) is 1.99. The van der Waals surface area contributed by atoms with Gasteiger partial charge in [0.2, 0.25) is 5.91 Å². The quantitative estimate of drug-likeness (QED) is 0.719. The molecule has 2 atom stereocenters. The zero-order valence-corrected chi connectivity index (χ0v) is 8.56. The van der Waals surface area contributed by atoms with Crippen LogP contribution in [0.15, 0.2) is 0 Å². The van der Waals surface area contributed by atoms with Crippen LogP contribution in [-0.2, 0) is 4.79 Å². The van der Waals surface area contributed by atoms with Crippen LogP contribution in [0.3, 0.4) is 0 Å². The number of nitrogens with one attached hydrogen (secondary N) is 2. The smallest absolute Gasteiger partial charge is 0.237 e. The number of nitrogens with zero attached hydrogens (tertiary/aromatic N) is 4. The molecular weight excluding hydrogens is 196 g/mol. The molecule has 1 aromatic heterocycles. The van der Waals surface area contributed by atoms with Gasteiger partial charge in [-0.05, 0) is 13.3 Å². The molecule has 7 heteroatoms. The van der Waals surface area contributed by atoms with Crippen molar-refractivity contribution >= 4 is 5.91 Å². The molecule has 2 unspecified atom stereocenters. The first-order chi connectivity index (χ1) is 7.19. The standard InChI is InChI=1S/C8H12N6O/c1-3-6(4-9)8(15)10-5(2)7-11-13-14-12-7/h5-6H,3H2,1-2H3,(H,10,15)(H,11,12,13,14). The zero-order chi connectivity index (χ0) is 11.3. The van der Waals surface area contributed by atoms with E-state index < -0.39 is 5.92 Å². The highest BCUT2D eigenvalue weighted by atomic mass is 16.1. The molecule has 0 aliphatic rings. The summed E-state index contributed by atoms with van der Waals surface area (Å²) in [6.07, 6.45) is 0.487. The Labute approximate surface area is 86.9 Å². The van der Waals surface area contributed by atoms with Gasteiger partial charge < -0.3 is 5.32 Å². The van der Waals surface area contributed by atoms with E-state index >= 15 is 0 Å². The van der Waals surface area contributed by atoms with E-state index in [4.69, 9.17) is 5.26 Å². The molecule has 1 heterocycles. The second-order valence-electron chi connectivity index (χ2n) is 3.09. The molecule has 1 amide bonds. The van der Waals surface area contributed by atoms with Gasteiger partial charge >= 0.3 is 0 Å². The van der Waals surface area contributed by atoms with Crippen LogP contribution in [-0.4, -0.2) is 26.5 Å². The number of rotatable bonds is 4. The van der Waals surface area contributed by atoms with Gasteiger partial charge in [-0.1, -0.05) is 12.1 Å². The molecular formula is C8H12N6O. The number of carbonyl (C=O) groups excluding carboxylic acids is 1. The van der Waals surface area contributed by atoms with Crippen LogP contribution < -0.4 is 5.32 Å². The van der Waals surface area contributed by atoms with Crippen LogP contribution in [0.2, 0.25) is 0 Å². The van der Waals surface area contributed by atoms with Crippen LogP contribution in [0.4, 0.5) is 0 Å². The Morgan fingerprint density at radius 3 is 2.93 bits per heavy atom. The number of aromatic nitrogens is 4. The SMILES string of the molecule is CCC(C#N)C(=O)NC(C)c1nn[nH]n1. The molecule has 2 N–H and O–H groups in total. The van der Waals surface area contributed by atoms with Crippen molar-refractivity contribution in [2.75, 3.05) is 0 Å². The number of hydrogen-bond acceptors (Lipinski definition) is 5. The van der Waals surface area contributed by atoms with Crippen LogP contribution in [0.25, 0.3) is 0 Å². The first kappa shape index (κ1) is 11.1. The van der Waals surface area contributed by atoms with Crippen LogP contribution in [0, 0.1) is 17.2 Å². The van der Waals surface area contributed by atoms with Crippen molar-refractivity contribution < 1.29 is 4.79 Å². The third-order valence-corrected chi connectivity index (χ3v) is 1.99. The Morgan fingerprint density at radius 1 is 1.73 bits per heavy atom. The summed E-state index contributed by atoms with van der Waals surface area (Å²) >= 11 is 0. The zero-order valence-electron chi connectivity index (χ0n) is 8.56. The third kappa shape index (κ3) is 2.74. The topological polar surface area (TPSA) is 107 Å². The minimum atomic E-state index is -0.626. The second-order valence-corrected chi connectivity index (χ2v) is 3.09. The van der Waals surface area contributed by atoms with E-state index in [9.17, 15) is 4.79 Å². The molecule has 7 nitrogen and oxygen atoms in total. The van der Waals surface area contributed by atoms with Crippen LogP contribution in [0.5, 0.6) is 0 Å². The van der Waals surface area contributed by atoms with E-state index in [1.165, 1.54) is 0 Å². The second kappa shape index (κ2) is 5.05. The van der Waals surface area contributed by atoms with Crippen molar-refractivity contribution in [2.24, 2.45) is 5.92 Å². The first-order valence-corrected chi connectivity index (χ1v) is 4.62. The maximum absolute atomic E-state index is 11.5. The van der Waals surface area contributed by atoms with Crippen molar-refractivity contribution in [2.45, 2.75) is 26.3 Å². The summed E-state index contributed by atoms with van der Waals surface area (Å²) in [5.74, 6) is -0.534. The number of aromatic amines is 1. The Bertz CT molecular complexity index is 354. The largest absolute Gasteiger partial charge is 0.345 e.